The molecule has 5 heteroatoms. The summed E-state index contributed by atoms with van der Waals surface area (Å²) < 4.78 is 0.967. The number of rotatable bonds is 2. The first kappa shape index (κ1) is 13.3. The van der Waals surface area contributed by atoms with Crippen LogP contribution in [0.25, 0.3) is 0 Å². The number of amides is 1. The number of nitrogens with zero attached hydrogens (tertiary/aromatic N) is 1. The molecule has 1 aromatic rings. The van der Waals surface area contributed by atoms with Gasteiger partial charge in [-0.3, -0.25) is 4.79 Å². The largest absolute Gasteiger partial charge is 0.480 e. The molecule has 1 aromatic carbocycles. The molecule has 18 heavy (non-hydrogen) atoms. The van der Waals surface area contributed by atoms with Gasteiger partial charge in [-0.15, -0.1) is 0 Å². The summed E-state index contributed by atoms with van der Waals surface area (Å²) >= 11 is 2.14. The lowest BCUT2D eigenvalue weighted by Gasteiger charge is -2.31. The number of hydrogen-bond donors (Lipinski definition) is 1. The number of carboxylic acid groups (broad SMARTS) is 1. The summed E-state index contributed by atoms with van der Waals surface area (Å²) in [7, 11) is 0. The Morgan fingerprint density at radius 2 is 2.17 bits per heavy atom. The Morgan fingerprint density at radius 1 is 1.44 bits per heavy atom. The van der Waals surface area contributed by atoms with Crippen LogP contribution in [0.1, 0.15) is 30.1 Å². The molecular weight excluding hydrogens is 345 g/mol. The number of hydrogen-bond acceptors (Lipinski definition) is 2. The van der Waals surface area contributed by atoms with Crippen molar-refractivity contribution >= 4 is 34.5 Å². The van der Waals surface area contributed by atoms with Gasteiger partial charge in [-0.2, -0.15) is 0 Å². The van der Waals surface area contributed by atoms with Crippen molar-refractivity contribution in [2.75, 3.05) is 6.54 Å². The minimum atomic E-state index is -1.07. The van der Waals surface area contributed by atoms with Gasteiger partial charge in [0.05, 0.1) is 0 Å². The summed E-state index contributed by atoms with van der Waals surface area (Å²) in [5, 5.41) is 9.30. The molecule has 0 bridgehead atoms. The second kappa shape index (κ2) is 4.87. The maximum atomic E-state index is 12.4. The number of aliphatic carboxylic acids is 1. The zero-order chi connectivity index (χ0) is 13.3. The lowest BCUT2D eigenvalue weighted by molar-refractivity contribution is -0.147. The molecule has 1 saturated heterocycles. The minimum Gasteiger partial charge on any atom is -0.480 e. The van der Waals surface area contributed by atoms with E-state index in [1.54, 1.807) is 19.1 Å². The third-order valence-electron chi connectivity index (χ3n) is 3.42. The normalized spacial score (nSPS) is 23.1. The van der Waals surface area contributed by atoms with Crippen LogP contribution in [0.4, 0.5) is 0 Å². The molecule has 1 amide bonds. The second-order valence-corrected chi connectivity index (χ2v) is 5.90. The van der Waals surface area contributed by atoms with Crippen LogP contribution in [0, 0.1) is 3.57 Å². The molecule has 1 N–H and O–H groups in total. The fraction of sp³-hybridized carbons (Fsp3) is 0.385. The standard InChI is InChI=1S/C13H14INO3/c1-13(12(17)18)6-3-7-15(13)11(16)9-4-2-5-10(14)8-9/h2,4-5,8H,3,6-7H2,1H3,(H,17,18). The van der Waals surface area contributed by atoms with E-state index in [1.807, 2.05) is 12.1 Å². The summed E-state index contributed by atoms with van der Waals surface area (Å²) in [6.45, 7) is 2.13. The van der Waals surface area contributed by atoms with Crippen LogP contribution in [0.2, 0.25) is 0 Å². The topological polar surface area (TPSA) is 57.6 Å². The summed E-state index contributed by atoms with van der Waals surface area (Å²) in [5.74, 6) is -1.13. The highest BCUT2D eigenvalue weighted by atomic mass is 127. The lowest BCUT2D eigenvalue weighted by atomic mass is 9.98. The van der Waals surface area contributed by atoms with Crippen molar-refractivity contribution in [2.24, 2.45) is 0 Å². The van der Waals surface area contributed by atoms with Gasteiger partial charge in [0.25, 0.3) is 5.91 Å². The smallest absolute Gasteiger partial charge is 0.329 e. The van der Waals surface area contributed by atoms with E-state index in [9.17, 15) is 14.7 Å². The molecule has 0 spiro atoms. The van der Waals surface area contributed by atoms with Crippen LogP contribution >= 0.6 is 22.6 Å². The Bertz CT molecular complexity index is 503. The number of halogens is 1. The fourth-order valence-corrected chi connectivity index (χ4v) is 2.83. The average Bonchev–Trinajstić information content (AvgIpc) is 2.72. The number of benzene rings is 1. The van der Waals surface area contributed by atoms with Crippen molar-refractivity contribution in [3.63, 3.8) is 0 Å². The molecule has 2 rings (SSSR count). The molecule has 0 saturated carbocycles. The van der Waals surface area contributed by atoms with Gasteiger partial charge in [-0.05, 0) is 60.6 Å². The predicted octanol–water partition coefficient (Wildman–Crippen LogP) is 2.37. The molecule has 4 nitrogen and oxygen atoms in total. The van der Waals surface area contributed by atoms with Crippen LogP contribution < -0.4 is 0 Å². The Balaban J connectivity index is 2.32. The summed E-state index contributed by atoms with van der Waals surface area (Å²) in [6.07, 6.45) is 1.25. The van der Waals surface area contributed by atoms with E-state index in [4.69, 9.17) is 0 Å². The molecule has 1 unspecified atom stereocenters. The molecular formula is C13H14INO3. The molecule has 1 fully saturated rings. The first-order valence-corrected chi connectivity index (χ1v) is 6.84. The van der Waals surface area contributed by atoms with E-state index in [1.165, 1.54) is 4.90 Å². The maximum Gasteiger partial charge on any atom is 0.329 e. The van der Waals surface area contributed by atoms with Crippen LogP contribution in [0.5, 0.6) is 0 Å². The lowest BCUT2D eigenvalue weighted by Crippen LogP contribution is -2.50. The number of carbonyl (C=O) groups excluding carboxylic acids is 1. The van der Waals surface area contributed by atoms with Crippen molar-refractivity contribution < 1.29 is 14.7 Å². The second-order valence-electron chi connectivity index (χ2n) is 4.65. The quantitative estimate of drug-likeness (QED) is 0.825. The third kappa shape index (κ3) is 2.23. The van der Waals surface area contributed by atoms with E-state index in [0.717, 1.165) is 9.99 Å². The monoisotopic (exact) mass is 359 g/mol. The fourth-order valence-electron chi connectivity index (χ4n) is 2.29. The van der Waals surface area contributed by atoms with E-state index < -0.39 is 11.5 Å². The highest BCUT2D eigenvalue weighted by molar-refractivity contribution is 14.1. The van der Waals surface area contributed by atoms with Gasteiger partial charge in [-0.25, -0.2) is 4.79 Å². The Labute approximate surface area is 119 Å². The highest BCUT2D eigenvalue weighted by Gasteiger charge is 2.46. The average molecular weight is 359 g/mol. The van der Waals surface area contributed by atoms with Gasteiger partial charge in [0.15, 0.2) is 0 Å². The van der Waals surface area contributed by atoms with E-state index >= 15 is 0 Å². The Hall–Kier alpha value is -1.11. The molecule has 1 atom stereocenters. The molecule has 0 radical (unpaired) electrons. The van der Waals surface area contributed by atoms with Crippen molar-refractivity contribution in [1.29, 1.82) is 0 Å². The van der Waals surface area contributed by atoms with Crippen LogP contribution in [-0.2, 0) is 4.79 Å². The summed E-state index contributed by atoms with van der Waals surface area (Å²) in [4.78, 5) is 25.2. The SMILES string of the molecule is CC1(C(=O)O)CCCN1C(=O)c1cccc(I)c1. The van der Waals surface area contributed by atoms with Crippen LogP contribution in [0.3, 0.4) is 0 Å². The van der Waals surface area contributed by atoms with E-state index in [0.29, 0.717) is 18.5 Å². The van der Waals surface area contributed by atoms with Crippen molar-refractivity contribution in [3.05, 3.63) is 33.4 Å². The molecule has 96 valence electrons. The molecule has 0 aliphatic carbocycles. The minimum absolute atomic E-state index is 0.198. The van der Waals surface area contributed by atoms with Crippen molar-refractivity contribution in [1.82, 2.24) is 4.90 Å². The molecule has 0 aromatic heterocycles. The van der Waals surface area contributed by atoms with Gasteiger partial charge >= 0.3 is 5.97 Å². The number of carbonyl (C=O) groups is 2. The van der Waals surface area contributed by atoms with E-state index in [-0.39, 0.29) is 5.91 Å². The van der Waals surface area contributed by atoms with Crippen molar-refractivity contribution in [3.8, 4) is 0 Å². The maximum absolute atomic E-state index is 12.4. The van der Waals surface area contributed by atoms with Gasteiger partial charge in [0.2, 0.25) is 0 Å². The van der Waals surface area contributed by atoms with Gasteiger partial charge < -0.3 is 10.0 Å². The van der Waals surface area contributed by atoms with Crippen molar-refractivity contribution in [2.45, 2.75) is 25.3 Å². The number of carboxylic acids is 1. The van der Waals surface area contributed by atoms with Crippen LogP contribution in [-0.4, -0.2) is 34.0 Å². The van der Waals surface area contributed by atoms with Crippen LogP contribution in [0.15, 0.2) is 24.3 Å². The third-order valence-corrected chi connectivity index (χ3v) is 4.09. The molecule has 1 heterocycles. The zero-order valence-corrected chi connectivity index (χ0v) is 12.2. The predicted molar refractivity (Wildman–Crippen MR) is 75.5 cm³/mol. The molecule has 1 aliphatic rings. The summed E-state index contributed by atoms with van der Waals surface area (Å²) in [6, 6.07) is 7.22. The Kier molecular flexibility index (Phi) is 3.61. The highest BCUT2D eigenvalue weighted by Crippen LogP contribution is 2.30. The van der Waals surface area contributed by atoms with E-state index in [2.05, 4.69) is 22.6 Å². The first-order chi connectivity index (χ1) is 8.45. The Morgan fingerprint density at radius 3 is 2.78 bits per heavy atom. The number of likely N-dealkylation sites (tertiary alicyclic amines) is 1. The van der Waals surface area contributed by atoms with Gasteiger partial charge in [0.1, 0.15) is 5.54 Å². The summed E-state index contributed by atoms with van der Waals surface area (Å²) in [5.41, 5.74) is -0.519. The van der Waals surface area contributed by atoms with Gasteiger partial charge in [0, 0.05) is 15.7 Å². The molecule has 1 aliphatic heterocycles. The van der Waals surface area contributed by atoms with Gasteiger partial charge in [-0.1, -0.05) is 6.07 Å². The first-order valence-electron chi connectivity index (χ1n) is 5.76. The zero-order valence-electron chi connectivity index (χ0n) is 10.0.